The highest BCUT2D eigenvalue weighted by molar-refractivity contribution is 7.07. The van der Waals surface area contributed by atoms with Crippen LogP contribution in [0.25, 0.3) is 0 Å². The number of rotatable bonds is 4. The number of benzene rings is 1. The number of nitrogens with zero attached hydrogens (tertiary/aromatic N) is 1. The number of carbonyl (C=O) groups is 3. The zero-order chi connectivity index (χ0) is 15.5. The van der Waals surface area contributed by atoms with Gasteiger partial charge >= 0.3 is 0 Å². The summed E-state index contributed by atoms with van der Waals surface area (Å²) in [7, 11) is 0. The molecule has 112 valence electrons. The van der Waals surface area contributed by atoms with Gasteiger partial charge in [-0.3, -0.25) is 19.7 Å². The van der Waals surface area contributed by atoms with Gasteiger partial charge in [0.25, 0.3) is 5.91 Å². The number of imide groups is 1. The van der Waals surface area contributed by atoms with E-state index in [0.29, 0.717) is 17.8 Å². The quantitative estimate of drug-likeness (QED) is 0.839. The van der Waals surface area contributed by atoms with Crippen molar-refractivity contribution < 1.29 is 14.4 Å². The Kier molecular flexibility index (Phi) is 3.97. The normalized spacial score (nSPS) is 17.4. The lowest BCUT2D eigenvalue weighted by Crippen LogP contribution is -2.22. The highest BCUT2D eigenvalue weighted by Crippen LogP contribution is 2.19. The lowest BCUT2D eigenvalue weighted by Gasteiger charge is -2.08. The summed E-state index contributed by atoms with van der Waals surface area (Å²) in [5.74, 6) is -0.995. The molecule has 22 heavy (non-hydrogen) atoms. The molecule has 0 aliphatic carbocycles. The van der Waals surface area contributed by atoms with Gasteiger partial charge in [-0.1, -0.05) is 12.1 Å². The second-order valence-corrected chi connectivity index (χ2v) is 5.76. The number of thiazole rings is 1. The molecule has 0 spiro atoms. The Labute approximate surface area is 130 Å². The van der Waals surface area contributed by atoms with Crippen LogP contribution in [0.4, 0.5) is 5.69 Å². The summed E-state index contributed by atoms with van der Waals surface area (Å²) < 4.78 is 0. The molecule has 0 bridgehead atoms. The van der Waals surface area contributed by atoms with E-state index in [1.807, 2.05) is 12.1 Å². The van der Waals surface area contributed by atoms with E-state index in [9.17, 15) is 14.4 Å². The van der Waals surface area contributed by atoms with E-state index in [-0.39, 0.29) is 30.1 Å². The number of carbonyl (C=O) groups excluding carboxylic acids is 3. The first-order valence-electron chi connectivity index (χ1n) is 6.74. The lowest BCUT2D eigenvalue weighted by molar-refractivity contribution is -0.125. The Hall–Kier alpha value is -2.54. The molecule has 0 saturated carbocycles. The van der Waals surface area contributed by atoms with Crippen molar-refractivity contribution in [3.05, 3.63) is 46.4 Å². The molecule has 3 amide bonds. The third-order valence-electron chi connectivity index (χ3n) is 3.42. The molecular weight excluding hydrogens is 302 g/mol. The number of hydrogen-bond acceptors (Lipinski definition) is 5. The second kappa shape index (κ2) is 6.07. The van der Waals surface area contributed by atoms with Gasteiger partial charge in [-0.15, -0.1) is 11.3 Å². The molecule has 1 aromatic carbocycles. The minimum Gasteiger partial charge on any atom is -0.321 e. The number of amides is 3. The van der Waals surface area contributed by atoms with Crippen molar-refractivity contribution in [2.75, 3.05) is 5.32 Å². The first kappa shape index (κ1) is 14.4. The van der Waals surface area contributed by atoms with Crippen molar-refractivity contribution in [3.63, 3.8) is 0 Å². The van der Waals surface area contributed by atoms with Crippen LogP contribution in [0.2, 0.25) is 0 Å². The molecule has 2 heterocycles. The summed E-state index contributed by atoms with van der Waals surface area (Å²) in [4.78, 5) is 38.5. The lowest BCUT2D eigenvalue weighted by atomic mass is 9.98. The molecule has 0 radical (unpaired) electrons. The van der Waals surface area contributed by atoms with Gasteiger partial charge in [0.05, 0.1) is 11.4 Å². The zero-order valence-electron chi connectivity index (χ0n) is 11.5. The topological polar surface area (TPSA) is 88.2 Å². The summed E-state index contributed by atoms with van der Waals surface area (Å²) >= 11 is 1.36. The third-order valence-corrected chi connectivity index (χ3v) is 4.01. The van der Waals surface area contributed by atoms with Gasteiger partial charge in [0.2, 0.25) is 11.8 Å². The van der Waals surface area contributed by atoms with E-state index >= 15 is 0 Å². The van der Waals surface area contributed by atoms with Gasteiger partial charge in [0.15, 0.2) is 0 Å². The van der Waals surface area contributed by atoms with Crippen molar-refractivity contribution in [3.8, 4) is 0 Å². The predicted octanol–water partition coefficient (Wildman–Crippen LogP) is 1.60. The SMILES string of the molecule is O=C1CC(Cc2ccc(NC(=O)c3cscn3)cc2)C(=O)N1. The van der Waals surface area contributed by atoms with Crippen LogP contribution in [0, 0.1) is 5.92 Å². The average Bonchev–Trinajstić information content (AvgIpc) is 3.12. The average molecular weight is 315 g/mol. The Morgan fingerprint density at radius 3 is 2.68 bits per heavy atom. The van der Waals surface area contributed by atoms with Crippen molar-refractivity contribution in [1.29, 1.82) is 0 Å². The van der Waals surface area contributed by atoms with Crippen LogP contribution < -0.4 is 10.6 Å². The van der Waals surface area contributed by atoms with E-state index in [2.05, 4.69) is 15.6 Å². The maximum absolute atomic E-state index is 11.9. The van der Waals surface area contributed by atoms with Gasteiger partial charge in [-0.25, -0.2) is 4.98 Å². The third kappa shape index (κ3) is 3.20. The number of nitrogens with one attached hydrogen (secondary N) is 2. The van der Waals surface area contributed by atoms with Crippen LogP contribution in [0.1, 0.15) is 22.5 Å². The molecule has 1 atom stereocenters. The van der Waals surface area contributed by atoms with Crippen LogP contribution in [0.3, 0.4) is 0 Å². The maximum Gasteiger partial charge on any atom is 0.275 e. The van der Waals surface area contributed by atoms with Crippen LogP contribution in [-0.4, -0.2) is 22.7 Å². The van der Waals surface area contributed by atoms with E-state index in [0.717, 1.165) is 5.56 Å². The minimum atomic E-state index is -0.303. The van der Waals surface area contributed by atoms with Crippen molar-refractivity contribution in [2.24, 2.45) is 5.92 Å². The van der Waals surface area contributed by atoms with Crippen LogP contribution in [0.5, 0.6) is 0 Å². The van der Waals surface area contributed by atoms with E-state index in [4.69, 9.17) is 0 Å². The van der Waals surface area contributed by atoms with Crippen LogP contribution in [-0.2, 0) is 16.0 Å². The summed E-state index contributed by atoms with van der Waals surface area (Å²) in [5, 5.41) is 6.73. The molecule has 2 aromatic rings. The Balaban J connectivity index is 1.62. The van der Waals surface area contributed by atoms with Crippen LogP contribution >= 0.6 is 11.3 Å². The monoisotopic (exact) mass is 315 g/mol. The van der Waals surface area contributed by atoms with Gasteiger partial charge in [0, 0.05) is 17.5 Å². The predicted molar refractivity (Wildman–Crippen MR) is 81.5 cm³/mol. The summed E-state index contributed by atoms with van der Waals surface area (Å²) in [6.45, 7) is 0. The summed E-state index contributed by atoms with van der Waals surface area (Å²) in [6, 6.07) is 7.22. The smallest absolute Gasteiger partial charge is 0.275 e. The molecule has 3 rings (SSSR count). The largest absolute Gasteiger partial charge is 0.321 e. The maximum atomic E-state index is 11.9. The number of hydrogen-bond donors (Lipinski definition) is 2. The van der Waals surface area contributed by atoms with Gasteiger partial charge in [-0.2, -0.15) is 0 Å². The molecular formula is C15H13N3O3S. The first-order valence-corrected chi connectivity index (χ1v) is 7.68. The van der Waals surface area contributed by atoms with Gasteiger partial charge in [-0.05, 0) is 24.1 Å². The highest BCUT2D eigenvalue weighted by Gasteiger charge is 2.30. The number of anilines is 1. The fourth-order valence-corrected chi connectivity index (χ4v) is 2.83. The molecule has 1 saturated heterocycles. The summed E-state index contributed by atoms with van der Waals surface area (Å²) in [5.41, 5.74) is 3.59. The molecule has 1 aliphatic rings. The Morgan fingerprint density at radius 2 is 2.09 bits per heavy atom. The Morgan fingerprint density at radius 1 is 1.32 bits per heavy atom. The molecule has 1 fully saturated rings. The van der Waals surface area contributed by atoms with Crippen molar-refractivity contribution in [2.45, 2.75) is 12.8 Å². The molecule has 1 aliphatic heterocycles. The molecule has 1 unspecified atom stereocenters. The second-order valence-electron chi connectivity index (χ2n) is 5.04. The highest BCUT2D eigenvalue weighted by atomic mass is 32.1. The first-order chi connectivity index (χ1) is 10.6. The molecule has 7 heteroatoms. The van der Waals surface area contributed by atoms with Crippen molar-refractivity contribution >= 4 is 34.7 Å². The zero-order valence-corrected chi connectivity index (χ0v) is 12.4. The van der Waals surface area contributed by atoms with E-state index < -0.39 is 0 Å². The molecule has 6 nitrogen and oxygen atoms in total. The van der Waals surface area contributed by atoms with Gasteiger partial charge in [0.1, 0.15) is 5.69 Å². The van der Waals surface area contributed by atoms with E-state index in [1.54, 1.807) is 23.0 Å². The number of aromatic nitrogens is 1. The summed E-state index contributed by atoms with van der Waals surface area (Å²) in [6.07, 6.45) is 0.749. The Bertz CT molecular complexity index is 710. The van der Waals surface area contributed by atoms with E-state index in [1.165, 1.54) is 11.3 Å². The minimum absolute atomic E-state index is 0.217. The fraction of sp³-hybridized carbons (Fsp3) is 0.200. The molecule has 1 aromatic heterocycles. The van der Waals surface area contributed by atoms with Crippen LogP contribution in [0.15, 0.2) is 35.2 Å². The van der Waals surface area contributed by atoms with Crippen molar-refractivity contribution in [1.82, 2.24) is 10.3 Å². The standard InChI is InChI=1S/C15H13N3O3S/c19-13-6-10(14(20)18-13)5-9-1-3-11(4-2-9)17-15(21)12-7-22-8-16-12/h1-4,7-8,10H,5-6H2,(H,17,21)(H,18,19,20). The fourth-order valence-electron chi connectivity index (χ4n) is 2.30. The molecule has 2 N–H and O–H groups in total. The van der Waals surface area contributed by atoms with Gasteiger partial charge < -0.3 is 5.32 Å².